The summed E-state index contributed by atoms with van der Waals surface area (Å²) in [7, 11) is 1.68. The Morgan fingerprint density at radius 3 is 2.67 bits per heavy atom. The number of nitrogens with one attached hydrogen (secondary N) is 1. The molecule has 0 radical (unpaired) electrons. The number of rotatable bonds is 6. The third-order valence-corrected chi connectivity index (χ3v) is 6.13. The molecule has 1 aliphatic heterocycles. The number of aliphatic hydroxyl groups excluding tert-OH is 1. The number of halogens is 2. The highest BCUT2D eigenvalue weighted by atomic mass is 19.1. The molecule has 2 unspecified atom stereocenters. The number of hydrogen-bond donors (Lipinski definition) is 2. The molecule has 6 nitrogen and oxygen atoms in total. The van der Waals surface area contributed by atoms with Crippen molar-refractivity contribution < 1.29 is 23.5 Å². The molecule has 2 amide bonds. The van der Waals surface area contributed by atoms with Gasteiger partial charge in [0.1, 0.15) is 17.3 Å². The highest BCUT2D eigenvalue weighted by molar-refractivity contribution is 5.98. The third-order valence-electron chi connectivity index (χ3n) is 6.13. The average molecular weight is 417 g/mol. The summed E-state index contributed by atoms with van der Waals surface area (Å²) >= 11 is 0. The number of benzene rings is 1. The van der Waals surface area contributed by atoms with E-state index in [0.717, 1.165) is 18.9 Å². The lowest BCUT2D eigenvalue weighted by Gasteiger charge is -2.25. The zero-order chi connectivity index (χ0) is 21.6. The first-order chi connectivity index (χ1) is 14.3. The van der Waals surface area contributed by atoms with Gasteiger partial charge in [0.05, 0.1) is 5.52 Å². The summed E-state index contributed by atoms with van der Waals surface area (Å²) in [6.45, 7) is 2.99. The molecular formula is C22H25F2N3O3. The van der Waals surface area contributed by atoms with E-state index >= 15 is 0 Å². The van der Waals surface area contributed by atoms with E-state index in [1.54, 1.807) is 22.9 Å². The van der Waals surface area contributed by atoms with Gasteiger partial charge in [0, 0.05) is 49.5 Å². The summed E-state index contributed by atoms with van der Waals surface area (Å²) < 4.78 is 27.3. The van der Waals surface area contributed by atoms with Crippen LogP contribution < -0.4 is 0 Å². The van der Waals surface area contributed by atoms with E-state index < -0.39 is 17.7 Å². The van der Waals surface area contributed by atoms with E-state index in [1.165, 1.54) is 18.2 Å². The molecule has 1 aliphatic carbocycles. The van der Waals surface area contributed by atoms with Crippen LogP contribution in [0.2, 0.25) is 0 Å². The summed E-state index contributed by atoms with van der Waals surface area (Å²) in [5, 5.41) is 10.4. The highest BCUT2D eigenvalue weighted by Crippen LogP contribution is 2.49. The third kappa shape index (κ3) is 3.60. The fraction of sp³-hybridized carbons (Fsp3) is 0.455. The van der Waals surface area contributed by atoms with E-state index in [-0.39, 0.29) is 40.9 Å². The van der Waals surface area contributed by atoms with Gasteiger partial charge >= 0.3 is 0 Å². The Morgan fingerprint density at radius 2 is 2.00 bits per heavy atom. The Kier molecular flexibility index (Phi) is 5.36. The van der Waals surface area contributed by atoms with E-state index in [9.17, 15) is 23.5 Å². The lowest BCUT2D eigenvalue weighted by molar-refractivity contribution is -0.137. The van der Waals surface area contributed by atoms with Gasteiger partial charge in [-0.1, -0.05) is 25.5 Å². The standard InChI is InChI=1S/C22H25F2N3O3/c1-3-4-5-6-18(28)22(30)26(2)20-14-10-27(11-15(14)20)21(29)17-8-12-7-13(23)9-16(24)19(12)25-17/h5-9,14-15,18,20,25,28H,3-4,10-11H2,1-2H3/b6-5+/t14-,15+,18?,20?. The van der Waals surface area contributed by atoms with Gasteiger partial charge in [-0.15, -0.1) is 0 Å². The number of fused-ring (bicyclic) bond motifs is 2. The predicted molar refractivity (Wildman–Crippen MR) is 108 cm³/mol. The molecule has 160 valence electrons. The summed E-state index contributed by atoms with van der Waals surface area (Å²) in [6.07, 6.45) is 3.93. The normalized spacial score (nSPS) is 23.8. The van der Waals surface area contributed by atoms with Gasteiger partial charge in [-0.2, -0.15) is 0 Å². The molecule has 2 heterocycles. The van der Waals surface area contributed by atoms with Crippen molar-refractivity contribution in [1.82, 2.24) is 14.8 Å². The molecule has 1 saturated heterocycles. The monoisotopic (exact) mass is 417 g/mol. The quantitative estimate of drug-likeness (QED) is 0.710. The Balaban J connectivity index is 1.37. The molecule has 30 heavy (non-hydrogen) atoms. The van der Waals surface area contributed by atoms with Crippen molar-refractivity contribution in [2.75, 3.05) is 20.1 Å². The Labute approximate surface area is 173 Å². The molecule has 4 atom stereocenters. The second-order valence-corrected chi connectivity index (χ2v) is 8.17. The van der Waals surface area contributed by atoms with Gasteiger partial charge in [0.2, 0.25) is 0 Å². The van der Waals surface area contributed by atoms with Crippen molar-refractivity contribution in [3.8, 4) is 0 Å². The minimum atomic E-state index is -1.15. The topological polar surface area (TPSA) is 76.6 Å². The van der Waals surface area contributed by atoms with Gasteiger partial charge in [-0.05, 0) is 18.6 Å². The number of allylic oxidation sites excluding steroid dienone is 1. The zero-order valence-corrected chi connectivity index (χ0v) is 16.9. The predicted octanol–water partition coefficient (Wildman–Crippen LogP) is 2.69. The summed E-state index contributed by atoms with van der Waals surface area (Å²) in [5.74, 6) is -1.72. The maximum absolute atomic E-state index is 13.9. The van der Waals surface area contributed by atoms with Gasteiger partial charge in [0.15, 0.2) is 6.10 Å². The largest absolute Gasteiger partial charge is 0.379 e. The summed E-state index contributed by atoms with van der Waals surface area (Å²) in [6, 6.07) is 3.43. The molecule has 8 heteroatoms. The Morgan fingerprint density at radius 1 is 1.30 bits per heavy atom. The number of hydrogen-bond acceptors (Lipinski definition) is 3. The number of likely N-dealkylation sites (N-methyl/N-ethyl adjacent to an activating group) is 1. The number of likely N-dealkylation sites (tertiary alicyclic amines) is 1. The van der Waals surface area contributed by atoms with Gasteiger partial charge in [-0.3, -0.25) is 9.59 Å². The van der Waals surface area contributed by atoms with Crippen LogP contribution in [0.4, 0.5) is 8.78 Å². The van der Waals surface area contributed by atoms with Crippen LogP contribution in [0.25, 0.3) is 10.9 Å². The first-order valence-corrected chi connectivity index (χ1v) is 10.2. The van der Waals surface area contributed by atoms with Gasteiger partial charge in [-0.25, -0.2) is 8.78 Å². The van der Waals surface area contributed by atoms with E-state index in [0.29, 0.717) is 18.5 Å². The number of carbonyl (C=O) groups is 2. The molecule has 4 rings (SSSR count). The summed E-state index contributed by atoms with van der Waals surface area (Å²) in [4.78, 5) is 31.2. The minimum Gasteiger partial charge on any atom is -0.379 e. The van der Waals surface area contributed by atoms with Crippen LogP contribution in [-0.4, -0.2) is 64.0 Å². The van der Waals surface area contributed by atoms with E-state index in [2.05, 4.69) is 4.98 Å². The van der Waals surface area contributed by atoms with Crippen LogP contribution in [0.1, 0.15) is 30.3 Å². The number of carbonyl (C=O) groups excluding carboxylic acids is 2. The van der Waals surface area contributed by atoms with Gasteiger partial charge in [0.25, 0.3) is 11.8 Å². The molecule has 2 N–H and O–H groups in total. The zero-order valence-electron chi connectivity index (χ0n) is 16.9. The molecular weight excluding hydrogens is 392 g/mol. The first kappa shape index (κ1) is 20.5. The van der Waals surface area contributed by atoms with Crippen molar-refractivity contribution in [2.24, 2.45) is 11.8 Å². The SMILES string of the molecule is CCC/C=C/C(O)C(=O)N(C)C1[C@H]2CN(C(=O)c3cc4cc(F)cc(F)c4[nH]3)C[C@@H]12. The Hall–Kier alpha value is -2.74. The fourth-order valence-corrected chi connectivity index (χ4v) is 4.52. The van der Waals surface area contributed by atoms with Crippen LogP contribution in [0.3, 0.4) is 0 Å². The number of aliphatic hydroxyl groups is 1. The number of nitrogens with zero attached hydrogens (tertiary/aromatic N) is 2. The smallest absolute Gasteiger partial charge is 0.270 e. The number of aromatic nitrogens is 1. The number of piperidine rings is 1. The summed E-state index contributed by atoms with van der Waals surface area (Å²) in [5.41, 5.74) is 0.325. The maximum atomic E-state index is 13.9. The van der Waals surface area contributed by atoms with Crippen molar-refractivity contribution in [3.05, 3.63) is 47.7 Å². The van der Waals surface area contributed by atoms with Crippen LogP contribution in [0, 0.1) is 23.5 Å². The van der Waals surface area contributed by atoms with Crippen LogP contribution in [0.15, 0.2) is 30.4 Å². The number of aromatic amines is 1. The van der Waals surface area contributed by atoms with Crippen LogP contribution in [0.5, 0.6) is 0 Å². The van der Waals surface area contributed by atoms with E-state index in [1.807, 2.05) is 6.92 Å². The molecule has 1 aromatic carbocycles. The van der Waals surface area contributed by atoms with Crippen LogP contribution >= 0.6 is 0 Å². The first-order valence-electron chi connectivity index (χ1n) is 10.2. The Bertz CT molecular complexity index is 1010. The van der Waals surface area contributed by atoms with E-state index in [4.69, 9.17) is 0 Å². The fourth-order valence-electron chi connectivity index (χ4n) is 4.52. The number of H-pyrrole nitrogens is 1. The molecule has 1 aromatic heterocycles. The lowest BCUT2D eigenvalue weighted by Crippen LogP contribution is -2.42. The molecule has 0 bridgehead atoms. The maximum Gasteiger partial charge on any atom is 0.270 e. The molecule has 0 spiro atoms. The van der Waals surface area contributed by atoms with Crippen LogP contribution in [-0.2, 0) is 4.79 Å². The molecule has 2 aliphatic rings. The second kappa shape index (κ2) is 7.83. The van der Waals surface area contributed by atoms with Crippen molar-refractivity contribution in [3.63, 3.8) is 0 Å². The molecule has 2 fully saturated rings. The number of unbranched alkanes of at least 4 members (excludes halogenated alkanes) is 1. The molecule has 1 saturated carbocycles. The molecule has 2 aromatic rings. The van der Waals surface area contributed by atoms with Gasteiger partial charge < -0.3 is 19.9 Å². The average Bonchev–Trinajstić information content (AvgIpc) is 3.06. The van der Waals surface area contributed by atoms with Crippen molar-refractivity contribution >= 4 is 22.7 Å². The minimum absolute atomic E-state index is 0.00466. The highest BCUT2D eigenvalue weighted by Gasteiger charge is 2.59. The lowest BCUT2D eigenvalue weighted by atomic mass is 10.2. The number of amides is 2. The second-order valence-electron chi connectivity index (χ2n) is 8.17. The van der Waals surface area contributed by atoms with Crippen molar-refractivity contribution in [2.45, 2.75) is 31.9 Å². The van der Waals surface area contributed by atoms with Crippen molar-refractivity contribution in [1.29, 1.82) is 0 Å².